The molecule has 1 atom stereocenters. The number of ether oxygens (including phenoxy) is 2. The maximum Gasteiger partial charge on any atom is 0.267 e. The Labute approximate surface area is 179 Å². The zero-order chi connectivity index (χ0) is 21.8. The summed E-state index contributed by atoms with van der Waals surface area (Å²) in [6.07, 6.45) is 0. The lowest BCUT2D eigenvalue weighted by molar-refractivity contribution is -0.119. The number of aromatic nitrogens is 2. The van der Waals surface area contributed by atoms with E-state index in [4.69, 9.17) is 21.1 Å². The Morgan fingerprint density at radius 1 is 1.07 bits per heavy atom. The molecule has 1 aromatic heterocycles. The molecule has 1 amide bonds. The number of carbonyl (C=O) groups excluding carboxylic acids is 1. The summed E-state index contributed by atoms with van der Waals surface area (Å²) < 4.78 is 11.6. The summed E-state index contributed by atoms with van der Waals surface area (Å²) in [5.41, 5.74) is 2.55. The topological polar surface area (TPSA) is 82.4 Å². The number of amides is 1. The molecule has 0 fully saturated rings. The lowest BCUT2D eigenvalue weighted by Gasteiger charge is -2.17. The third-order valence-corrected chi connectivity index (χ3v) is 4.95. The first kappa shape index (κ1) is 21.4. The molecule has 30 heavy (non-hydrogen) atoms. The van der Waals surface area contributed by atoms with Crippen LogP contribution in [0.3, 0.4) is 0 Å². The van der Waals surface area contributed by atoms with Crippen LogP contribution >= 0.6 is 11.6 Å². The van der Waals surface area contributed by atoms with Crippen LogP contribution in [-0.2, 0) is 4.79 Å². The average Bonchev–Trinajstić information content (AvgIpc) is 2.74. The predicted molar refractivity (Wildman–Crippen MR) is 117 cm³/mol. The van der Waals surface area contributed by atoms with Crippen molar-refractivity contribution in [2.75, 3.05) is 19.5 Å². The molecule has 0 aliphatic heterocycles. The minimum atomic E-state index is -0.867. The first-order valence-electron chi connectivity index (χ1n) is 9.23. The van der Waals surface area contributed by atoms with Crippen LogP contribution in [0.15, 0.2) is 53.3 Å². The SMILES string of the molecule is COc1cc(OC)c(NC(=O)C(C)n2nc(-c3ccc(C)cc3)ccc2=O)cc1Cl. The highest BCUT2D eigenvalue weighted by Gasteiger charge is 2.20. The van der Waals surface area contributed by atoms with Crippen LogP contribution in [0, 0.1) is 6.92 Å². The van der Waals surface area contributed by atoms with Crippen LogP contribution in [0.5, 0.6) is 11.5 Å². The second kappa shape index (κ2) is 9.00. The van der Waals surface area contributed by atoms with Crippen LogP contribution < -0.4 is 20.3 Å². The number of methoxy groups -OCH3 is 2. The van der Waals surface area contributed by atoms with E-state index in [-0.39, 0.29) is 5.56 Å². The molecule has 0 saturated carbocycles. The van der Waals surface area contributed by atoms with Crippen molar-refractivity contribution in [3.05, 3.63) is 69.5 Å². The van der Waals surface area contributed by atoms with E-state index in [2.05, 4.69) is 10.4 Å². The first-order chi connectivity index (χ1) is 14.3. The average molecular weight is 428 g/mol. The number of rotatable bonds is 6. The molecular formula is C22H22ClN3O4. The minimum Gasteiger partial charge on any atom is -0.495 e. The number of anilines is 1. The Kier molecular flexibility index (Phi) is 6.42. The molecule has 0 spiro atoms. The normalized spacial score (nSPS) is 11.6. The third-order valence-electron chi connectivity index (χ3n) is 4.65. The molecule has 1 N–H and O–H groups in total. The van der Waals surface area contributed by atoms with Gasteiger partial charge in [-0.3, -0.25) is 9.59 Å². The highest BCUT2D eigenvalue weighted by molar-refractivity contribution is 6.32. The van der Waals surface area contributed by atoms with E-state index >= 15 is 0 Å². The van der Waals surface area contributed by atoms with Gasteiger partial charge in [-0.1, -0.05) is 41.4 Å². The van der Waals surface area contributed by atoms with E-state index in [0.717, 1.165) is 15.8 Å². The van der Waals surface area contributed by atoms with E-state index in [0.29, 0.717) is 27.9 Å². The highest BCUT2D eigenvalue weighted by atomic mass is 35.5. The van der Waals surface area contributed by atoms with E-state index in [1.54, 1.807) is 19.1 Å². The molecule has 1 heterocycles. The van der Waals surface area contributed by atoms with Gasteiger partial charge in [-0.15, -0.1) is 0 Å². The Bertz CT molecular complexity index is 1130. The molecule has 8 heteroatoms. The Morgan fingerprint density at radius 2 is 1.73 bits per heavy atom. The Hall–Kier alpha value is -3.32. The molecular weight excluding hydrogens is 406 g/mol. The van der Waals surface area contributed by atoms with Crippen molar-refractivity contribution in [1.29, 1.82) is 0 Å². The lowest BCUT2D eigenvalue weighted by Crippen LogP contribution is -2.33. The van der Waals surface area contributed by atoms with Crippen LogP contribution in [0.2, 0.25) is 5.02 Å². The fraction of sp³-hybridized carbons (Fsp3) is 0.227. The minimum absolute atomic E-state index is 0.318. The standard InChI is InChI=1S/C22H22ClN3O4/c1-13-5-7-15(8-6-13)17-9-10-21(27)26(25-17)14(2)22(28)24-18-11-16(23)19(29-3)12-20(18)30-4/h5-12,14H,1-4H3,(H,24,28). The van der Waals surface area contributed by atoms with E-state index in [9.17, 15) is 9.59 Å². The maximum atomic E-state index is 12.9. The zero-order valence-electron chi connectivity index (χ0n) is 17.1. The number of halogens is 1. The molecule has 0 radical (unpaired) electrons. The van der Waals surface area contributed by atoms with Crippen molar-refractivity contribution in [2.45, 2.75) is 19.9 Å². The smallest absolute Gasteiger partial charge is 0.267 e. The number of nitrogens with one attached hydrogen (secondary N) is 1. The molecule has 2 aromatic carbocycles. The maximum absolute atomic E-state index is 12.9. The van der Waals surface area contributed by atoms with Crippen LogP contribution in [0.25, 0.3) is 11.3 Å². The molecule has 3 rings (SSSR count). The van der Waals surface area contributed by atoms with Crippen molar-refractivity contribution in [3.8, 4) is 22.8 Å². The van der Waals surface area contributed by atoms with E-state index in [1.807, 2.05) is 31.2 Å². The van der Waals surface area contributed by atoms with Gasteiger partial charge >= 0.3 is 0 Å². The summed E-state index contributed by atoms with van der Waals surface area (Å²) in [5, 5.41) is 7.45. The summed E-state index contributed by atoms with van der Waals surface area (Å²) in [5.74, 6) is 0.360. The van der Waals surface area contributed by atoms with Crippen molar-refractivity contribution < 1.29 is 14.3 Å². The van der Waals surface area contributed by atoms with Gasteiger partial charge in [0.2, 0.25) is 5.91 Å². The van der Waals surface area contributed by atoms with Gasteiger partial charge in [-0.05, 0) is 26.0 Å². The number of hydrogen-bond acceptors (Lipinski definition) is 5. The van der Waals surface area contributed by atoms with Crippen molar-refractivity contribution in [1.82, 2.24) is 9.78 Å². The third kappa shape index (κ3) is 4.46. The van der Waals surface area contributed by atoms with Crippen molar-refractivity contribution >= 4 is 23.2 Å². The summed E-state index contributed by atoms with van der Waals surface area (Å²) in [6, 6.07) is 13.0. The molecule has 0 aliphatic carbocycles. The monoisotopic (exact) mass is 427 g/mol. The molecule has 156 valence electrons. The van der Waals surface area contributed by atoms with E-state index in [1.165, 1.54) is 26.4 Å². The van der Waals surface area contributed by atoms with Gasteiger partial charge in [0.1, 0.15) is 17.5 Å². The number of benzene rings is 2. The van der Waals surface area contributed by atoms with E-state index < -0.39 is 11.9 Å². The van der Waals surface area contributed by atoms with Crippen LogP contribution in [0.1, 0.15) is 18.5 Å². The van der Waals surface area contributed by atoms with Crippen LogP contribution in [0.4, 0.5) is 5.69 Å². The number of carbonyl (C=O) groups is 1. The zero-order valence-corrected chi connectivity index (χ0v) is 17.9. The van der Waals surface area contributed by atoms with Gasteiger partial charge < -0.3 is 14.8 Å². The number of hydrogen-bond donors (Lipinski definition) is 1. The first-order valence-corrected chi connectivity index (χ1v) is 9.61. The fourth-order valence-electron chi connectivity index (χ4n) is 2.89. The predicted octanol–water partition coefficient (Wildman–Crippen LogP) is 4.09. The van der Waals surface area contributed by atoms with Crippen molar-refractivity contribution in [2.24, 2.45) is 0 Å². The largest absolute Gasteiger partial charge is 0.495 e. The Morgan fingerprint density at radius 3 is 2.37 bits per heavy atom. The second-order valence-electron chi connectivity index (χ2n) is 6.72. The van der Waals surface area contributed by atoms with Gasteiger partial charge in [0, 0.05) is 17.7 Å². The summed E-state index contributed by atoms with van der Waals surface area (Å²) >= 11 is 6.16. The van der Waals surface area contributed by atoms with Gasteiger partial charge in [-0.2, -0.15) is 5.10 Å². The fourth-order valence-corrected chi connectivity index (χ4v) is 3.13. The molecule has 0 bridgehead atoms. The van der Waals surface area contributed by atoms with Gasteiger partial charge in [0.15, 0.2) is 0 Å². The van der Waals surface area contributed by atoms with Gasteiger partial charge in [-0.25, -0.2) is 4.68 Å². The van der Waals surface area contributed by atoms with Gasteiger partial charge in [0.05, 0.1) is 30.6 Å². The molecule has 0 aliphatic rings. The molecule has 1 unspecified atom stereocenters. The lowest BCUT2D eigenvalue weighted by atomic mass is 10.1. The van der Waals surface area contributed by atoms with Gasteiger partial charge in [0.25, 0.3) is 5.56 Å². The summed E-state index contributed by atoms with van der Waals surface area (Å²) in [7, 11) is 2.96. The number of aryl methyl sites for hydroxylation is 1. The Balaban J connectivity index is 1.90. The van der Waals surface area contributed by atoms with Crippen LogP contribution in [-0.4, -0.2) is 29.9 Å². The van der Waals surface area contributed by atoms with Crippen molar-refractivity contribution in [3.63, 3.8) is 0 Å². The second-order valence-corrected chi connectivity index (χ2v) is 7.13. The summed E-state index contributed by atoms with van der Waals surface area (Å²) in [6.45, 7) is 3.59. The quantitative estimate of drug-likeness (QED) is 0.640. The molecule has 0 saturated heterocycles. The molecule has 7 nitrogen and oxygen atoms in total. The summed E-state index contributed by atoms with van der Waals surface area (Å²) in [4.78, 5) is 25.2. The highest BCUT2D eigenvalue weighted by Crippen LogP contribution is 2.36. The number of nitrogens with zero attached hydrogens (tertiary/aromatic N) is 2. The molecule has 3 aromatic rings.